The molecule has 2 aromatic carbocycles. The molecule has 0 radical (unpaired) electrons. The number of halogens is 1. The summed E-state index contributed by atoms with van der Waals surface area (Å²) in [4.78, 5) is 32.5. The van der Waals surface area contributed by atoms with Crippen molar-refractivity contribution in [3.05, 3.63) is 75.3 Å². The summed E-state index contributed by atoms with van der Waals surface area (Å²) in [6.45, 7) is 0. The molecule has 0 fully saturated rings. The van der Waals surface area contributed by atoms with E-state index in [-0.39, 0.29) is 35.3 Å². The first-order valence-corrected chi connectivity index (χ1v) is 10.5. The zero-order valence-electron chi connectivity index (χ0n) is 16.9. The maximum absolute atomic E-state index is 13.9. The van der Waals surface area contributed by atoms with Crippen molar-refractivity contribution in [3.63, 3.8) is 0 Å². The van der Waals surface area contributed by atoms with Crippen LogP contribution in [0.4, 0.5) is 10.2 Å². The van der Waals surface area contributed by atoms with Crippen molar-refractivity contribution in [2.45, 2.75) is 23.2 Å². The summed E-state index contributed by atoms with van der Waals surface area (Å²) in [5.74, 6) is 0.521. The highest BCUT2D eigenvalue weighted by Crippen LogP contribution is 2.40. The molecule has 1 amide bonds. The second-order valence-corrected chi connectivity index (χ2v) is 7.89. The van der Waals surface area contributed by atoms with Gasteiger partial charge in [-0.05, 0) is 17.7 Å². The van der Waals surface area contributed by atoms with Crippen LogP contribution in [0.2, 0.25) is 0 Å². The Kier molecular flexibility index (Phi) is 5.94. The minimum atomic E-state index is -0.522. The normalized spacial score (nSPS) is 15.2. The number of H-pyrrole nitrogens is 1. The van der Waals surface area contributed by atoms with Crippen molar-refractivity contribution in [1.82, 2.24) is 9.97 Å². The molecule has 4 rings (SSSR count). The highest BCUT2D eigenvalue weighted by molar-refractivity contribution is 7.98. The molecular formula is C22H20FN3O4S. The maximum Gasteiger partial charge on any atom is 0.257 e. The van der Waals surface area contributed by atoms with Gasteiger partial charge < -0.3 is 19.8 Å². The molecule has 1 aliphatic heterocycles. The number of hydrogen-bond acceptors (Lipinski definition) is 6. The molecule has 1 aliphatic rings. The Hall–Kier alpha value is -3.33. The number of carbonyl (C=O) groups is 1. The van der Waals surface area contributed by atoms with Gasteiger partial charge in [0.2, 0.25) is 5.91 Å². The Labute approximate surface area is 182 Å². The maximum atomic E-state index is 13.9. The molecule has 3 aromatic rings. The number of thioether (sulfide) groups is 1. The van der Waals surface area contributed by atoms with Crippen molar-refractivity contribution >= 4 is 23.5 Å². The molecule has 0 saturated heterocycles. The van der Waals surface area contributed by atoms with Gasteiger partial charge in [0.15, 0.2) is 5.16 Å². The predicted octanol–water partition coefficient (Wildman–Crippen LogP) is 3.69. The number of amides is 1. The highest BCUT2D eigenvalue weighted by Gasteiger charge is 2.32. The van der Waals surface area contributed by atoms with Crippen LogP contribution in [0.3, 0.4) is 0 Å². The van der Waals surface area contributed by atoms with Crippen LogP contribution < -0.4 is 20.3 Å². The van der Waals surface area contributed by atoms with E-state index >= 15 is 0 Å². The Balaban J connectivity index is 1.69. The summed E-state index contributed by atoms with van der Waals surface area (Å²) < 4.78 is 24.6. The van der Waals surface area contributed by atoms with Gasteiger partial charge in [-0.25, -0.2) is 9.37 Å². The number of benzene rings is 2. The zero-order chi connectivity index (χ0) is 22.0. The Bertz CT molecular complexity index is 1200. The standard InChI is InChI=1S/C22H20FN3O4S/c1-29-13-7-8-14(17(9-13)30-2)15-10-18(27)24-20-19(15)21(28)26-22(25-20)31-11-12-5-3-4-6-16(12)23/h3-9,15H,10-11H2,1-2H3,(H2,24,25,26,27,28)/t15-/m1/s1. The van der Waals surface area contributed by atoms with Gasteiger partial charge in [-0.15, -0.1) is 0 Å². The second-order valence-electron chi connectivity index (χ2n) is 6.93. The van der Waals surface area contributed by atoms with E-state index in [0.717, 1.165) is 0 Å². The number of fused-ring (bicyclic) bond motifs is 1. The molecule has 2 N–H and O–H groups in total. The lowest BCUT2D eigenvalue weighted by Gasteiger charge is -2.26. The topological polar surface area (TPSA) is 93.3 Å². The van der Waals surface area contributed by atoms with E-state index < -0.39 is 5.92 Å². The molecule has 31 heavy (non-hydrogen) atoms. The van der Waals surface area contributed by atoms with Crippen molar-refractivity contribution in [2.24, 2.45) is 0 Å². The van der Waals surface area contributed by atoms with Crippen LogP contribution >= 0.6 is 11.8 Å². The third-order valence-corrected chi connectivity index (χ3v) is 5.99. The van der Waals surface area contributed by atoms with Gasteiger partial charge in [0.05, 0.1) is 19.8 Å². The van der Waals surface area contributed by atoms with Gasteiger partial charge in [0, 0.05) is 29.7 Å². The average molecular weight is 441 g/mol. The van der Waals surface area contributed by atoms with Crippen LogP contribution in [0.1, 0.15) is 29.0 Å². The van der Waals surface area contributed by atoms with Gasteiger partial charge in [-0.1, -0.05) is 36.0 Å². The van der Waals surface area contributed by atoms with E-state index in [0.29, 0.717) is 33.3 Å². The van der Waals surface area contributed by atoms with E-state index in [2.05, 4.69) is 15.3 Å². The van der Waals surface area contributed by atoms with E-state index in [4.69, 9.17) is 9.47 Å². The van der Waals surface area contributed by atoms with E-state index in [1.54, 1.807) is 43.5 Å². The van der Waals surface area contributed by atoms with Gasteiger partial charge in [0.25, 0.3) is 5.56 Å². The average Bonchev–Trinajstić information content (AvgIpc) is 2.77. The number of ether oxygens (including phenoxy) is 2. The summed E-state index contributed by atoms with van der Waals surface area (Å²) in [5.41, 5.74) is 1.19. The summed E-state index contributed by atoms with van der Waals surface area (Å²) in [5, 5.41) is 2.99. The van der Waals surface area contributed by atoms with E-state index in [9.17, 15) is 14.0 Å². The van der Waals surface area contributed by atoms with Crippen LogP contribution in [0.5, 0.6) is 11.5 Å². The minimum absolute atomic E-state index is 0.0855. The van der Waals surface area contributed by atoms with Crippen LogP contribution in [-0.4, -0.2) is 30.1 Å². The van der Waals surface area contributed by atoms with Crippen LogP contribution in [0.15, 0.2) is 52.4 Å². The molecule has 0 unspecified atom stereocenters. The fraction of sp³-hybridized carbons (Fsp3) is 0.227. The zero-order valence-corrected chi connectivity index (χ0v) is 17.7. The molecular weight excluding hydrogens is 421 g/mol. The van der Waals surface area contributed by atoms with Gasteiger partial charge in [-0.2, -0.15) is 0 Å². The number of carbonyl (C=O) groups excluding carboxylic acids is 1. The SMILES string of the molecule is COc1ccc([C@H]2CC(=O)Nc3nc(SCc4ccccc4F)[nH]c(=O)c32)c(OC)c1. The molecule has 1 atom stereocenters. The lowest BCUT2D eigenvalue weighted by Crippen LogP contribution is -2.31. The molecule has 9 heteroatoms. The number of rotatable bonds is 6. The molecule has 1 aromatic heterocycles. The molecule has 7 nitrogen and oxygen atoms in total. The predicted molar refractivity (Wildman–Crippen MR) is 115 cm³/mol. The molecule has 0 spiro atoms. The fourth-order valence-electron chi connectivity index (χ4n) is 3.55. The van der Waals surface area contributed by atoms with E-state index in [1.165, 1.54) is 24.9 Å². The number of methoxy groups -OCH3 is 2. The third kappa shape index (κ3) is 4.27. The Morgan fingerprint density at radius 1 is 1.16 bits per heavy atom. The number of anilines is 1. The lowest BCUT2D eigenvalue weighted by molar-refractivity contribution is -0.116. The van der Waals surface area contributed by atoms with Crippen LogP contribution in [0.25, 0.3) is 0 Å². The molecule has 0 saturated carbocycles. The largest absolute Gasteiger partial charge is 0.497 e. The summed E-state index contributed by atoms with van der Waals surface area (Å²) in [6.07, 6.45) is 0.0855. The lowest BCUT2D eigenvalue weighted by atomic mass is 9.86. The highest BCUT2D eigenvalue weighted by atomic mass is 32.2. The Morgan fingerprint density at radius 2 is 1.97 bits per heavy atom. The first-order chi connectivity index (χ1) is 15.0. The number of aromatic nitrogens is 2. The minimum Gasteiger partial charge on any atom is -0.497 e. The van der Waals surface area contributed by atoms with Crippen molar-refractivity contribution < 1.29 is 18.7 Å². The number of hydrogen-bond donors (Lipinski definition) is 2. The fourth-order valence-corrected chi connectivity index (χ4v) is 4.40. The van der Waals surface area contributed by atoms with Gasteiger partial charge >= 0.3 is 0 Å². The summed E-state index contributed by atoms with van der Waals surface area (Å²) >= 11 is 1.19. The van der Waals surface area contributed by atoms with E-state index in [1.807, 2.05) is 0 Å². The molecule has 2 heterocycles. The smallest absolute Gasteiger partial charge is 0.257 e. The number of aromatic amines is 1. The van der Waals surface area contributed by atoms with Crippen molar-refractivity contribution in [1.29, 1.82) is 0 Å². The quantitative estimate of drug-likeness (QED) is 0.448. The molecule has 0 aliphatic carbocycles. The first kappa shape index (κ1) is 20.9. The van der Waals surface area contributed by atoms with Crippen molar-refractivity contribution in [3.8, 4) is 11.5 Å². The molecule has 0 bridgehead atoms. The number of nitrogens with one attached hydrogen (secondary N) is 2. The number of nitrogens with zero attached hydrogens (tertiary/aromatic N) is 1. The summed E-state index contributed by atoms with van der Waals surface area (Å²) in [6, 6.07) is 11.7. The van der Waals surface area contributed by atoms with Gasteiger partial charge in [0.1, 0.15) is 23.1 Å². The van der Waals surface area contributed by atoms with Crippen molar-refractivity contribution in [2.75, 3.05) is 19.5 Å². The summed E-state index contributed by atoms with van der Waals surface area (Å²) in [7, 11) is 3.07. The van der Waals surface area contributed by atoms with Crippen LogP contribution in [-0.2, 0) is 10.5 Å². The monoisotopic (exact) mass is 441 g/mol. The first-order valence-electron chi connectivity index (χ1n) is 9.52. The Morgan fingerprint density at radius 3 is 2.71 bits per heavy atom. The third-order valence-electron chi connectivity index (χ3n) is 5.07. The van der Waals surface area contributed by atoms with Crippen LogP contribution in [0, 0.1) is 5.82 Å². The van der Waals surface area contributed by atoms with Gasteiger partial charge in [-0.3, -0.25) is 9.59 Å². The second kappa shape index (κ2) is 8.81. The molecule has 160 valence electrons.